The van der Waals surface area contributed by atoms with Crippen molar-refractivity contribution in [2.45, 2.75) is 117 Å². The zero-order valence-electron chi connectivity index (χ0n) is 30.7. The van der Waals surface area contributed by atoms with Gasteiger partial charge in [-0.25, -0.2) is 8.78 Å². The summed E-state index contributed by atoms with van der Waals surface area (Å²) in [7, 11) is 0. The second-order valence-electron chi connectivity index (χ2n) is 17.4. The number of aromatic nitrogens is 1. The Morgan fingerprint density at radius 3 is 1.88 bits per heavy atom. The van der Waals surface area contributed by atoms with Gasteiger partial charge in [0.05, 0.1) is 5.52 Å². The highest BCUT2D eigenvalue weighted by molar-refractivity contribution is 6.31. The Bertz CT molecular complexity index is 2110. The summed E-state index contributed by atoms with van der Waals surface area (Å²) in [6.45, 7) is 22.6. The van der Waals surface area contributed by atoms with Gasteiger partial charge in [-0.15, -0.1) is 0 Å². The standard InChI is InChI=1S/C44H49ClF2N2/c1-26-20-28(45)23-30(21-26)48(36-25-33-32(22-27(36)2)41(3,4)16-17-42(33,5)6)29-14-15-31-37(24-29)49(39-34(46)12-11-13-35(39)47)40-38(31)43(7,8)18-19-44(40,9)10/h11-15,20-25H,16-19H2,1-10H3. The van der Waals surface area contributed by atoms with Crippen molar-refractivity contribution in [2.24, 2.45) is 0 Å². The van der Waals surface area contributed by atoms with Gasteiger partial charge in [0.2, 0.25) is 0 Å². The highest BCUT2D eigenvalue weighted by Gasteiger charge is 2.43. The lowest BCUT2D eigenvalue weighted by molar-refractivity contribution is 0.323. The highest BCUT2D eigenvalue weighted by Crippen LogP contribution is 2.53. The third-order valence-electron chi connectivity index (χ3n) is 11.8. The van der Waals surface area contributed by atoms with Gasteiger partial charge in [0, 0.05) is 38.6 Å². The van der Waals surface area contributed by atoms with Crippen LogP contribution in [-0.2, 0) is 21.7 Å². The number of hydrogen-bond donors (Lipinski definition) is 0. The van der Waals surface area contributed by atoms with Gasteiger partial charge < -0.3 is 9.47 Å². The number of benzene rings is 4. The van der Waals surface area contributed by atoms with E-state index in [0.29, 0.717) is 5.02 Å². The predicted octanol–water partition coefficient (Wildman–Crippen LogP) is 13.3. The van der Waals surface area contributed by atoms with Crippen LogP contribution in [0, 0.1) is 25.5 Å². The van der Waals surface area contributed by atoms with Crippen molar-refractivity contribution < 1.29 is 8.78 Å². The van der Waals surface area contributed by atoms with Crippen LogP contribution in [0.1, 0.15) is 115 Å². The van der Waals surface area contributed by atoms with Crippen LogP contribution in [0.2, 0.25) is 5.02 Å². The fraction of sp³-hybridized carbons (Fsp3) is 0.409. The number of anilines is 3. The number of fused-ring (bicyclic) bond motifs is 4. The average molecular weight is 679 g/mol. The van der Waals surface area contributed by atoms with E-state index >= 15 is 8.78 Å². The summed E-state index contributed by atoms with van der Waals surface area (Å²) in [5.74, 6) is -1.14. The van der Waals surface area contributed by atoms with E-state index < -0.39 is 11.6 Å². The van der Waals surface area contributed by atoms with E-state index in [-0.39, 0.29) is 27.3 Å². The maximum Gasteiger partial charge on any atom is 0.150 e. The fourth-order valence-corrected chi connectivity index (χ4v) is 9.05. The molecule has 4 aromatic carbocycles. The van der Waals surface area contributed by atoms with E-state index in [1.165, 1.54) is 40.5 Å². The monoisotopic (exact) mass is 678 g/mol. The predicted molar refractivity (Wildman–Crippen MR) is 203 cm³/mol. The molecule has 2 aliphatic rings. The topological polar surface area (TPSA) is 8.17 Å². The Kier molecular flexibility index (Phi) is 7.73. The Morgan fingerprint density at radius 2 is 1.24 bits per heavy atom. The molecule has 1 heterocycles. The minimum absolute atomic E-state index is 0.0143. The summed E-state index contributed by atoms with van der Waals surface area (Å²) >= 11 is 6.76. The minimum atomic E-state index is -0.568. The van der Waals surface area contributed by atoms with Crippen LogP contribution in [0.4, 0.5) is 25.8 Å². The van der Waals surface area contributed by atoms with Crippen LogP contribution in [0.25, 0.3) is 16.6 Å². The Balaban J connectivity index is 1.58. The van der Waals surface area contributed by atoms with Gasteiger partial charge in [0.25, 0.3) is 0 Å². The molecule has 5 aromatic rings. The van der Waals surface area contributed by atoms with E-state index in [9.17, 15) is 0 Å². The summed E-state index contributed by atoms with van der Waals surface area (Å²) in [5, 5.41) is 1.69. The molecule has 7 rings (SSSR count). The second-order valence-corrected chi connectivity index (χ2v) is 17.8. The van der Waals surface area contributed by atoms with Crippen molar-refractivity contribution >= 4 is 39.6 Å². The van der Waals surface area contributed by atoms with Crippen LogP contribution in [0.5, 0.6) is 0 Å². The maximum atomic E-state index is 15.9. The molecule has 2 nitrogen and oxygen atoms in total. The van der Waals surface area contributed by atoms with E-state index in [2.05, 4.69) is 111 Å². The molecule has 2 aliphatic carbocycles. The van der Waals surface area contributed by atoms with Crippen molar-refractivity contribution in [2.75, 3.05) is 4.90 Å². The highest BCUT2D eigenvalue weighted by atomic mass is 35.5. The summed E-state index contributed by atoms with van der Waals surface area (Å²) in [5.41, 5.74) is 10.5. The molecule has 5 heteroatoms. The summed E-state index contributed by atoms with van der Waals surface area (Å²) < 4.78 is 33.7. The maximum absolute atomic E-state index is 15.9. The number of hydrogen-bond acceptors (Lipinski definition) is 1. The Morgan fingerprint density at radius 1 is 0.653 bits per heavy atom. The first-order valence-corrected chi connectivity index (χ1v) is 18.1. The van der Waals surface area contributed by atoms with Gasteiger partial charge in [-0.2, -0.15) is 0 Å². The Hall–Kier alpha value is -3.63. The molecule has 256 valence electrons. The minimum Gasteiger partial charge on any atom is -0.310 e. The van der Waals surface area contributed by atoms with Gasteiger partial charge in [-0.1, -0.05) is 85.2 Å². The summed E-state index contributed by atoms with van der Waals surface area (Å²) in [4.78, 5) is 2.29. The molecule has 1 aromatic heterocycles. The zero-order chi connectivity index (χ0) is 35.4. The molecule has 0 atom stereocenters. The van der Waals surface area contributed by atoms with Gasteiger partial charge >= 0.3 is 0 Å². The van der Waals surface area contributed by atoms with Gasteiger partial charge in [0.1, 0.15) is 17.3 Å². The molecule has 0 N–H and O–H groups in total. The molecule has 0 spiro atoms. The lowest BCUT2D eigenvalue weighted by atomic mass is 9.63. The lowest BCUT2D eigenvalue weighted by Gasteiger charge is -2.43. The van der Waals surface area contributed by atoms with E-state index in [4.69, 9.17) is 11.6 Å². The molecular weight excluding hydrogens is 630 g/mol. The molecule has 0 amide bonds. The molecule has 49 heavy (non-hydrogen) atoms. The number of para-hydroxylation sites is 1. The zero-order valence-corrected chi connectivity index (χ0v) is 31.5. The van der Waals surface area contributed by atoms with E-state index in [0.717, 1.165) is 64.9 Å². The van der Waals surface area contributed by atoms with E-state index in [1.807, 2.05) is 16.7 Å². The number of nitrogens with zero attached hydrogens (tertiary/aromatic N) is 2. The number of halogens is 3. The second kappa shape index (κ2) is 11.2. The van der Waals surface area contributed by atoms with Gasteiger partial charge in [-0.05, 0) is 132 Å². The third kappa shape index (κ3) is 5.41. The third-order valence-corrected chi connectivity index (χ3v) is 12.0. The average Bonchev–Trinajstić information content (AvgIpc) is 3.35. The largest absolute Gasteiger partial charge is 0.310 e. The first-order valence-electron chi connectivity index (χ1n) is 17.7. The molecule has 0 radical (unpaired) electrons. The Labute approximate surface area is 296 Å². The molecular formula is C44H49ClF2N2. The van der Waals surface area contributed by atoms with Gasteiger partial charge in [-0.3, -0.25) is 0 Å². The van der Waals surface area contributed by atoms with E-state index in [1.54, 1.807) is 0 Å². The first-order chi connectivity index (χ1) is 22.8. The van der Waals surface area contributed by atoms with Crippen LogP contribution in [-0.4, -0.2) is 4.57 Å². The van der Waals surface area contributed by atoms with Crippen molar-refractivity contribution in [3.05, 3.63) is 117 Å². The lowest BCUT2D eigenvalue weighted by Crippen LogP contribution is -2.35. The summed E-state index contributed by atoms with van der Waals surface area (Å²) in [6, 6.07) is 21.6. The van der Waals surface area contributed by atoms with Crippen LogP contribution >= 0.6 is 11.6 Å². The number of rotatable bonds is 4. The normalized spacial score (nSPS) is 18.6. The quantitative estimate of drug-likeness (QED) is 0.184. The summed E-state index contributed by atoms with van der Waals surface area (Å²) in [6.07, 6.45) is 4.15. The molecule has 0 bridgehead atoms. The molecule has 0 unspecified atom stereocenters. The SMILES string of the molecule is Cc1cc(Cl)cc(N(c2ccc3c4c(n(-c5c(F)cccc5F)c3c2)C(C)(C)CCC4(C)C)c2cc3c(cc2C)C(C)(C)CCC3(C)C)c1. The molecule has 0 saturated carbocycles. The molecule has 0 fully saturated rings. The van der Waals surface area contributed by atoms with Gasteiger partial charge in [0.15, 0.2) is 0 Å². The van der Waals surface area contributed by atoms with Crippen molar-refractivity contribution in [3.8, 4) is 5.69 Å². The van der Waals surface area contributed by atoms with Crippen molar-refractivity contribution in [3.63, 3.8) is 0 Å². The fourth-order valence-electron chi connectivity index (χ4n) is 8.77. The molecule has 0 saturated heterocycles. The van der Waals surface area contributed by atoms with Crippen molar-refractivity contribution in [1.82, 2.24) is 4.57 Å². The smallest absolute Gasteiger partial charge is 0.150 e. The number of aryl methyl sites for hydroxylation is 2. The molecule has 0 aliphatic heterocycles. The first kappa shape index (κ1) is 33.8. The van der Waals surface area contributed by atoms with Crippen molar-refractivity contribution in [1.29, 1.82) is 0 Å². The van der Waals surface area contributed by atoms with Crippen LogP contribution < -0.4 is 4.90 Å². The van der Waals surface area contributed by atoms with Crippen LogP contribution in [0.15, 0.2) is 66.7 Å². The van der Waals surface area contributed by atoms with Crippen LogP contribution in [0.3, 0.4) is 0 Å².